The Morgan fingerprint density at radius 2 is 2.07 bits per heavy atom. The molecule has 2 fully saturated rings. The van der Waals surface area contributed by atoms with E-state index in [1.807, 2.05) is 11.4 Å². The molecule has 2 saturated heterocycles. The minimum atomic E-state index is -1.10. The lowest BCUT2D eigenvalue weighted by Crippen LogP contribution is -2.51. The third-order valence-electron chi connectivity index (χ3n) is 4.20. The van der Waals surface area contributed by atoms with E-state index in [9.17, 15) is 24.0 Å². The van der Waals surface area contributed by atoms with Gasteiger partial charge < -0.3 is 5.32 Å². The van der Waals surface area contributed by atoms with Gasteiger partial charge in [-0.1, -0.05) is 13.0 Å². The lowest BCUT2D eigenvalue weighted by molar-refractivity contribution is -0.139. The molecule has 11 heteroatoms. The highest BCUT2D eigenvalue weighted by Gasteiger charge is 2.48. The molecule has 27 heavy (non-hydrogen) atoms. The number of hydrazine groups is 1. The molecule has 1 atom stereocenters. The van der Waals surface area contributed by atoms with Crippen LogP contribution in [0.25, 0.3) is 6.08 Å². The quantitative estimate of drug-likeness (QED) is 0.564. The van der Waals surface area contributed by atoms with Crippen molar-refractivity contribution in [3.05, 3.63) is 27.3 Å². The zero-order valence-electron chi connectivity index (χ0n) is 14.5. The molecule has 2 aliphatic heterocycles. The van der Waals surface area contributed by atoms with E-state index in [1.54, 1.807) is 26.0 Å². The number of hydrogen-bond acceptors (Lipinski definition) is 7. The molecule has 0 radical (unpaired) electrons. The highest BCUT2D eigenvalue weighted by atomic mass is 32.2. The number of nitrogens with one attached hydrogen (secondary N) is 2. The van der Waals surface area contributed by atoms with Crippen LogP contribution < -0.4 is 10.7 Å². The fourth-order valence-corrected chi connectivity index (χ4v) is 4.03. The minimum absolute atomic E-state index is 0.212. The maximum absolute atomic E-state index is 12.4. The van der Waals surface area contributed by atoms with Gasteiger partial charge >= 0.3 is 6.03 Å². The predicted octanol–water partition coefficient (Wildman–Crippen LogP) is 1.54. The molecule has 0 saturated carbocycles. The minimum Gasteiger partial charge on any atom is -0.322 e. The Morgan fingerprint density at radius 3 is 2.67 bits per heavy atom. The molecular weight excluding hydrogens is 392 g/mol. The van der Waals surface area contributed by atoms with E-state index in [0.29, 0.717) is 11.4 Å². The number of thioether (sulfide) groups is 1. The van der Waals surface area contributed by atoms with E-state index < -0.39 is 41.1 Å². The normalized spacial score (nSPS) is 24.1. The maximum Gasteiger partial charge on any atom is 0.344 e. The van der Waals surface area contributed by atoms with E-state index in [2.05, 4.69) is 10.7 Å². The van der Waals surface area contributed by atoms with E-state index in [0.717, 1.165) is 21.5 Å². The van der Waals surface area contributed by atoms with Crippen molar-refractivity contribution in [1.82, 2.24) is 20.7 Å². The summed E-state index contributed by atoms with van der Waals surface area (Å²) in [6.07, 6.45) is 1.93. The number of hydrogen-bond donors (Lipinski definition) is 2. The third kappa shape index (κ3) is 3.60. The summed E-state index contributed by atoms with van der Waals surface area (Å²) >= 11 is 2.15. The van der Waals surface area contributed by atoms with Gasteiger partial charge in [-0.25, -0.2) is 4.79 Å². The van der Waals surface area contributed by atoms with Crippen LogP contribution in [0.4, 0.5) is 9.59 Å². The third-order valence-corrected chi connectivity index (χ3v) is 5.92. The molecule has 0 bridgehead atoms. The molecule has 0 aromatic carbocycles. The largest absolute Gasteiger partial charge is 0.344 e. The summed E-state index contributed by atoms with van der Waals surface area (Å²) in [5.41, 5.74) is 1.06. The number of rotatable bonds is 5. The van der Waals surface area contributed by atoms with Gasteiger partial charge in [-0.2, -0.15) is 5.01 Å². The number of thiophene rings is 1. The Balaban J connectivity index is 1.66. The van der Waals surface area contributed by atoms with Gasteiger partial charge in [-0.05, 0) is 42.6 Å². The average molecular weight is 408 g/mol. The lowest BCUT2D eigenvalue weighted by atomic mass is 10.00. The van der Waals surface area contributed by atoms with Crippen molar-refractivity contribution >= 4 is 58.2 Å². The van der Waals surface area contributed by atoms with Crippen LogP contribution in [0.15, 0.2) is 22.4 Å². The summed E-state index contributed by atoms with van der Waals surface area (Å²) in [5.74, 6) is -2.02. The van der Waals surface area contributed by atoms with E-state index in [4.69, 9.17) is 0 Å². The number of carbonyl (C=O) groups is 5. The first-order chi connectivity index (χ1) is 12.7. The Kier molecular flexibility index (Phi) is 5.07. The van der Waals surface area contributed by atoms with Crippen LogP contribution in [0.3, 0.4) is 0 Å². The van der Waals surface area contributed by atoms with Crippen molar-refractivity contribution in [1.29, 1.82) is 0 Å². The standard InChI is InChI=1S/C16H16N4O5S2/c1-3-16(2)13(23)20(14(24)17-16)18-11(21)8-19-12(22)10(27-15(19)25)7-9-5-4-6-26-9/h4-7H,3,8H2,1-2H3,(H,17,24)(H,18,21)/b10-7-/t16-/m0/s1. The van der Waals surface area contributed by atoms with Gasteiger partial charge in [0.2, 0.25) is 0 Å². The molecule has 1 aromatic rings. The number of imide groups is 2. The number of amides is 6. The van der Waals surface area contributed by atoms with E-state index in [1.165, 1.54) is 11.3 Å². The molecule has 0 spiro atoms. The topological polar surface area (TPSA) is 116 Å². The van der Waals surface area contributed by atoms with Crippen molar-refractivity contribution in [3.63, 3.8) is 0 Å². The van der Waals surface area contributed by atoms with E-state index in [-0.39, 0.29) is 4.91 Å². The van der Waals surface area contributed by atoms with Gasteiger partial charge in [0.15, 0.2) is 0 Å². The molecule has 2 aliphatic rings. The second-order valence-corrected chi connectivity index (χ2v) is 8.05. The van der Waals surface area contributed by atoms with Crippen molar-refractivity contribution in [2.24, 2.45) is 0 Å². The summed E-state index contributed by atoms with van der Waals surface area (Å²) in [6.45, 7) is 2.68. The summed E-state index contributed by atoms with van der Waals surface area (Å²) in [6, 6.07) is 2.86. The number of urea groups is 1. The smallest absolute Gasteiger partial charge is 0.322 e. The highest BCUT2D eigenvalue weighted by Crippen LogP contribution is 2.32. The molecular formula is C16H16N4O5S2. The second-order valence-electron chi connectivity index (χ2n) is 6.07. The van der Waals surface area contributed by atoms with Crippen LogP contribution in [0.1, 0.15) is 25.1 Å². The second kappa shape index (κ2) is 7.16. The van der Waals surface area contributed by atoms with Gasteiger partial charge in [0.1, 0.15) is 12.1 Å². The van der Waals surface area contributed by atoms with Crippen LogP contribution in [0, 0.1) is 0 Å². The Hall–Kier alpha value is -2.66. The number of carbonyl (C=O) groups excluding carboxylic acids is 5. The molecule has 142 valence electrons. The maximum atomic E-state index is 12.4. The molecule has 2 N–H and O–H groups in total. The summed E-state index contributed by atoms with van der Waals surface area (Å²) in [5, 5.41) is 4.32. The molecule has 6 amide bonds. The summed E-state index contributed by atoms with van der Waals surface area (Å²) < 4.78 is 0. The average Bonchev–Trinajstić information content (AvgIpc) is 3.28. The Labute approximate surface area is 162 Å². The van der Waals surface area contributed by atoms with Gasteiger partial charge in [0.05, 0.1) is 4.91 Å². The van der Waals surface area contributed by atoms with Crippen LogP contribution in [0.2, 0.25) is 0 Å². The molecule has 9 nitrogen and oxygen atoms in total. The van der Waals surface area contributed by atoms with E-state index >= 15 is 0 Å². The molecule has 1 aromatic heterocycles. The van der Waals surface area contributed by atoms with Crippen molar-refractivity contribution < 1.29 is 24.0 Å². The van der Waals surface area contributed by atoms with Gasteiger partial charge in [-0.3, -0.25) is 29.5 Å². The molecule has 0 unspecified atom stereocenters. The Morgan fingerprint density at radius 1 is 1.33 bits per heavy atom. The van der Waals surface area contributed by atoms with Crippen LogP contribution in [-0.4, -0.2) is 51.0 Å². The van der Waals surface area contributed by atoms with Crippen LogP contribution in [-0.2, 0) is 14.4 Å². The van der Waals surface area contributed by atoms with Crippen molar-refractivity contribution in [2.75, 3.05) is 6.54 Å². The highest BCUT2D eigenvalue weighted by molar-refractivity contribution is 8.18. The van der Waals surface area contributed by atoms with Gasteiger partial charge in [-0.15, -0.1) is 11.3 Å². The molecule has 3 heterocycles. The number of nitrogens with zero attached hydrogens (tertiary/aromatic N) is 2. The van der Waals surface area contributed by atoms with Gasteiger partial charge in [0.25, 0.3) is 23.0 Å². The first-order valence-corrected chi connectivity index (χ1v) is 9.70. The monoisotopic (exact) mass is 408 g/mol. The van der Waals surface area contributed by atoms with Crippen LogP contribution in [0.5, 0.6) is 0 Å². The van der Waals surface area contributed by atoms with Crippen LogP contribution >= 0.6 is 23.1 Å². The van der Waals surface area contributed by atoms with Gasteiger partial charge in [0, 0.05) is 4.88 Å². The zero-order chi connectivity index (χ0) is 19.8. The predicted molar refractivity (Wildman–Crippen MR) is 99.2 cm³/mol. The lowest BCUT2D eigenvalue weighted by Gasteiger charge is -2.20. The SMILES string of the molecule is CC[C@]1(C)NC(=O)N(NC(=O)CN2C(=O)S/C(=C\c3cccs3)C2=O)C1=O. The molecule has 0 aliphatic carbocycles. The molecule has 3 rings (SSSR count). The fourth-order valence-electron chi connectivity index (χ4n) is 2.47. The zero-order valence-corrected chi connectivity index (χ0v) is 16.1. The first-order valence-electron chi connectivity index (χ1n) is 8.00. The van der Waals surface area contributed by atoms with Crippen molar-refractivity contribution in [3.8, 4) is 0 Å². The Bertz CT molecular complexity index is 866. The van der Waals surface area contributed by atoms with Crippen molar-refractivity contribution in [2.45, 2.75) is 25.8 Å². The summed E-state index contributed by atoms with van der Waals surface area (Å²) in [4.78, 5) is 62.6. The first kappa shape index (κ1) is 19.1. The summed E-state index contributed by atoms with van der Waals surface area (Å²) in [7, 11) is 0. The fraction of sp³-hybridized carbons (Fsp3) is 0.312.